The third kappa shape index (κ3) is 6.78. The molecule has 0 atom stereocenters. The van der Waals surface area contributed by atoms with Crippen molar-refractivity contribution in [1.82, 2.24) is 0 Å². The summed E-state index contributed by atoms with van der Waals surface area (Å²) in [5.41, 5.74) is 5.01. The Balaban J connectivity index is -0.000000845. The van der Waals surface area contributed by atoms with Gasteiger partial charge in [-0.1, -0.05) is 0 Å². The molecule has 8 nitrogen and oxygen atoms in total. The number of aliphatic hydroxyl groups is 1. The molecule has 0 radical (unpaired) electrons. The molecule has 0 aromatic heterocycles. The summed E-state index contributed by atoms with van der Waals surface area (Å²) in [7, 11) is -10.6. The van der Waals surface area contributed by atoms with Crippen molar-refractivity contribution < 1.29 is 33.8 Å². The van der Waals surface area contributed by atoms with Crippen LogP contribution in [0, 0.1) is 0 Å². The summed E-state index contributed by atoms with van der Waals surface area (Å²) in [4.78, 5) is 34.5. The normalized spacial score (nSPS) is 12.6. The van der Waals surface area contributed by atoms with Gasteiger partial charge in [0.25, 0.3) is 5.08 Å². The van der Waals surface area contributed by atoms with Gasteiger partial charge in [-0.25, -0.2) is 0 Å². The van der Waals surface area contributed by atoms with Crippen LogP contribution in [0.5, 0.6) is 0 Å². The Labute approximate surface area is 178 Å². The molecule has 0 aliphatic rings. The first kappa shape index (κ1) is 24.5. The molecular formula is C4H15K2NO7P2. The first-order valence-corrected chi connectivity index (χ1v) is 6.82. The van der Waals surface area contributed by atoms with Crippen molar-refractivity contribution in [2.24, 2.45) is 5.73 Å². The van der Waals surface area contributed by atoms with Gasteiger partial charge in [-0.15, -0.1) is 0 Å². The van der Waals surface area contributed by atoms with Crippen LogP contribution in [0.3, 0.4) is 0 Å². The molecule has 0 saturated heterocycles. The molecule has 12 heteroatoms. The molecule has 0 aliphatic carbocycles. The minimum atomic E-state index is -5.30. The van der Waals surface area contributed by atoms with Gasteiger partial charge in [-0.2, -0.15) is 0 Å². The van der Waals surface area contributed by atoms with Gasteiger partial charge >= 0.3 is 118 Å². The molecule has 0 spiro atoms. The number of hydrogen-bond acceptors (Lipinski definition) is 4. The van der Waals surface area contributed by atoms with E-state index in [0.29, 0.717) is 0 Å². The first-order valence-electron chi connectivity index (χ1n) is 3.60. The monoisotopic (exact) mass is 329 g/mol. The van der Waals surface area contributed by atoms with Gasteiger partial charge in [0.05, 0.1) is 0 Å². The molecule has 90 valence electrons. The Morgan fingerprint density at radius 1 is 1.00 bits per heavy atom. The molecule has 0 aromatic carbocycles. The first-order chi connectivity index (χ1) is 6.06. The van der Waals surface area contributed by atoms with Gasteiger partial charge in [-0.05, 0) is 13.0 Å². The second kappa shape index (κ2) is 9.43. The molecule has 0 unspecified atom stereocenters. The van der Waals surface area contributed by atoms with Crippen LogP contribution in [0.15, 0.2) is 0 Å². The van der Waals surface area contributed by atoms with Gasteiger partial charge in [0.2, 0.25) is 0 Å². The Morgan fingerprint density at radius 3 is 1.50 bits per heavy atom. The van der Waals surface area contributed by atoms with Gasteiger partial charge in [0.15, 0.2) is 0 Å². The van der Waals surface area contributed by atoms with Crippen molar-refractivity contribution in [2.45, 2.75) is 17.9 Å². The van der Waals surface area contributed by atoms with Crippen molar-refractivity contribution in [2.75, 3.05) is 6.54 Å². The summed E-state index contributed by atoms with van der Waals surface area (Å²) in [6.45, 7) is -0.0394. The van der Waals surface area contributed by atoms with Crippen molar-refractivity contribution in [1.29, 1.82) is 0 Å². The topological polar surface area (TPSA) is 161 Å². The maximum atomic E-state index is 10.7. The van der Waals surface area contributed by atoms with Crippen molar-refractivity contribution in [3.8, 4) is 0 Å². The van der Waals surface area contributed by atoms with Crippen molar-refractivity contribution in [3.05, 3.63) is 0 Å². The quantitative estimate of drug-likeness (QED) is 0.237. The molecule has 0 fully saturated rings. The van der Waals surface area contributed by atoms with Crippen LogP contribution < -0.4 is 5.73 Å². The van der Waals surface area contributed by atoms with Crippen molar-refractivity contribution >= 4 is 118 Å². The summed E-state index contributed by atoms with van der Waals surface area (Å²) >= 11 is 0. The van der Waals surface area contributed by atoms with Crippen LogP contribution in [0.1, 0.15) is 12.8 Å². The van der Waals surface area contributed by atoms with E-state index in [4.69, 9.17) is 25.3 Å². The second-order valence-electron chi connectivity index (χ2n) is 2.75. The average Bonchev–Trinajstić information content (AvgIpc) is 1.95. The molecule has 0 aromatic rings. The van der Waals surface area contributed by atoms with E-state index in [1.807, 2.05) is 0 Å². The summed E-state index contributed by atoms with van der Waals surface area (Å²) in [5.74, 6) is 0. The van der Waals surface area contributed by atoms with Crippen LogP contribution in [0.4, 0.5) is 0 Å². The summed E-state index contributed by atoms with van der Waals surface area (Å²) in [5, 5.41) is 5.91. The van der Waals surface area contributed by atoms with Crippen LogP contribution in [0.25, 0.3) is 0 Å². The standard InChI is InChI=1S/C4H13NO7P2.2K.2H/c5-3-1-2-4(6,13(7,8)9)14(10,11)12;;;;/h6H,1-3,5H2,(H2,7,8,9)(H2,10,11,12);;;;. The van der Waals surface area contributed by atoms with Gasteiger partial charge in [0, 0.05) is 6.42 Å². The molecule has 0 bridgehead atoms. The molecule has 0 amide bonds. The van der Waals surface area contributed by atoms with E-state index in [1.165, 1.54) is 0 Å². The molecule has 7 N–H and O–H groups in total. The molecular weight excluding hydrogens is 314 g/mol. The van der Waals surface area contributed by atoms with Gasteiger partial charge in [-0.3, -0.25) is 9.13 Å². The Bertz CT molecular complexity index is 266. The molecule has 0 saturated carbocycles. The third-order valence-corrected chi connectivity index (χ3v) is 5.53. The summed E-state index contributed by atoms with van der Waals surface area (Å²) in [6.07, 6.45) is -0.856. The maximum absolute atomic E-state index is 10.7. The van der Waals surface area contributed by atoms with Gasteiger partial charge < -0.3 is 30.4 Å². The van der Waals surface area contributed by atoms with E-state index >= 15 is 0 Å². The predicted octanol–water partition coefficient (Wildman–Crippen LogP) is -2.57. The summed E-state index contributed by atoms with van der Waals surface area (Å²) < 4.78 is 21.4. The van der Waals surface area contributed by atoms with Gasteiger partial charge in [0.1, 0.15) is 0 Å². The van der Waals surface area contributed by atoms with E-state index < -0.39 is 26.7 Å². The van der Waals surface area contributed by atoms with Crippen LogP contribution in [-0.4, -0.2) is 139 Å². The molecule has 0 heterocycles. The Morgan fingerprint density at radius 2 is 1.31 bits per heavy atom. The van der Waals surface area contributed by atoms with E-state index in [-0.39, 0.29) is 116 Å². The van der Waals surface area contributed by atoms with Crippen LogP contribution >= 0.6 is 15.2 Å². The van der Waals surface area contributed by atoms with E-state index in [0.717, 1.165) is 0 Å². The van der Waals surface area contributed by atoms with Crippen LogP contribution in [0.2, 0.25) is 0 Å². The molecule has 0 aliphatic heterocycles. The summed E-state index contributed by atoms with van der Waals surface area (Å²) in [6, 6.07) is 0. The Hall–Kier alpha value is 3.49. The average molecular weight is 329 g/mol. The molecule has 16 heavy (non-hydrogen) atoms. The molecule has 0 rings (SSSR count). The van der Waals surface area contributed by atoms with E-state index in [9.17, 15) is 14.2 Å². The zero-order valence-electron chi connectivity index (χ0n) is 7.15. The fourth-order valence-electron chi connectivity index (χ4n) is 0.800. The fraction of sp³-hybridized carbons (Fsp3) is 1.00. The number of hydrogen-bond donors (Lipinski definition) is 6. The SMILES string of the molecule is NCCCC(O)(P(=O)(O)O)P(=O)(O)O.[KH].[KH]. The zero-order chi connectivity index (χ0) is 11.6. The number of nitrogens with two attached hydrogens (primary N) is 1. The number of rotatable bonds is 5. The minimum absolute atomic E-state index is 0. The Kier molecular flexibility index (Phi) is 14.4. The third-order valence-electron chi connectivity index (χ3n) is 1.65. The van der Waals surface area contributed by atoms with Crippen molar-refractivity contribution in [3.63, 3.8) is 0 Å². The zero-order valence-corrected chi connectivity index (χ0v) is 8.93. The van der Waals surface area contributed by atoms with E-state index in [1.54, 1.807) is 0 Å². The predicted molar refractivity (Wildman–Crippen MR) is 61.6 cm³/mol. The fourth-order valence-corrected chi connectivity index (χ4v) is 3.06. The second-order valence-corrected chi connectivity index (χ2v) is 6.76. The van der Waals surface area contributed by atoms with Crippen LogP contribution in [-0.2, 0) is 9.13 Å². The van der Waals surface area contributed by atoms with E-state index in [2.05, 4.69) is 0 Å².